The van der Waals surface area contributed by atoms with Gasteiger partial charge in [0.1, 0.15) is 0 Å². The van der Waals surface area contributed by atoms with Crippen LogP contribution in [0, 0.1) is 5.41 Å². The third kappa shape index (κ3) is 2.53. The summed E-state index contributed by atoms with van der Waals surface area (Å²) in [5.74, 6) is 0.765. The summed E-state index contributed by atoms with van der Waals surface area (Å²) in [7, 11) is 3.54. The molecule has 0 spiro atoms. The Bertz CT molecular complexity index is 391. The number of nitrogens with one attached hydrogen (secondary N) is 2. The maximum atomic E-state index is 10.1. The van der Waals surface area contributed by atoms with E-state index in [1.54, 1.807) is 14.2 Å². The Kier molecular flexibility index (Phi) is 4.04. The molecule has 0 aromatic carbocycles. The lowest BCUT2D eigenvalue weighted by Crippen LogP contribution is -2.69. The highest BCUT2D eigenvalue weighted by Crippen LogP contribution is 2.51. The molecule has 116 valence electrons. The van der Waals surface area contributed by atoms with Gasteiger partial charge in [-0.1, -0.05) is 13.8 Å². The lowest BCUT2D eigenvalue weighted by atomic mass is 9.56. The standard InChI is InChI=1S/C15H29N3O2/c1-13(2)11(9-14(13,3)20-5)18-12(16-4)17-10-15(19)7-6-8-15/h11,19H,6-10H2,1-5H3,(H2,16,17,18). The molecule has 2 aliphatic rings. The predicted octanol–water partition coefficient (Wildman–Crippen LogP) is 1.27. The third-order valence-electron chi connectivity index (χ3n) is 5.68. The van der Waals surface area contributed by atoms with Crippen LogP contribution in [0.1, 0.15) is 46.5 Å². The summed E-state index contributed by atoms with van der Waals surface area (Å²) < 4.78 is 5.63. The maximum Gasteiger partial charge on any atom is 0.191 e. The average Bonchev–Trinajstić information content (AvgIpc) is 2.39. The first-order valence-corrected chi connectivity index (χ1v) is 7.51. The van der Waals surface area contributed by atoms with Gasteiger partial charge in [-0.2, -0.15) is 0 Å². The van der Waals surface area contributed by atoms with Crippen LogP contribution in [0.3, 0.4) is 0 Å². The van der Waals surface area contributed by atoms with Gasteiger partial charge in [0, 0.05) is 32.2 Å². The summed E-state index contributed by atoms with van der Waals surface area (Å²) in [6, 6.07) is 0.328. The summed E-state index contributed by atoms with van der Waals surface area (Å²) >= 11 is 0. The molecular weight excluding hydrogens is 254 g/mol. The van der Waals surface area contributed by atoms with Gasteiger partial charge >= 0.3 is 0 Å². The lowest BCUT2D eigenvalue weighted by Gasteiger charge is -2.59. The minimum absolute atomic E-state index is 0.0484. The number of aliphatic hydroxyl groups is 1. The molecule has 5 nitrogen and oxygen atoms in total. The van der Waals surface area contributed by atoms with Crippen molar-refractivity contribution in [2.75, 3.05) is 20.7 Å². The highest BCUT2D eigenvalue weighted by molar-refractivity contribution is 5.80. The number of nitrogens with zero attached hydrogens (tertiary/aromatic N) is 1. The van der Waals surface area contributed by atoms with Crippen molar-refractivity contribution in [1.29, 1.82) is 0 Å². The monoisotopic (exact) mass is 283 g/mol. The van der Waals surface area contributed by atoms with Crippen LogP contribution >= 0.6 is 0 Å². The zero-order valence-corrected chi connectivity index (χ0v) is 13.4. The van der Waals surface area contributed by atoms with E-state index in [0.29, 0.717) is 12.6 Å². The number of rotatable bonds is 4. The summed E-state index contributed by atoms with van der Waals surface area (Å²) in [6.07, 6.45) is 3.84. The molecule has 20 heavy (non-hydrogen) atoms. The summed E-state index contributed by atoms with van der Waals surface area (Å²) in [5, 5.41) is 16.8. The summed E-state index contributed by atoms with van der Waals surface area (Å²) in [4.78, 5) is 4.25. The molecule has 0 aliphatic heterocycles. The molecule has 0 aromatic rings. The van der Waals surface area contributed by atoms with E-state index in [0.717, 1.165) is 31.6 Å². The van der Waals surface area contributed by atoms with Crippen molar-refractivity contribution < 1.29 is 9.84 Å². The Balaban J connectivity index is 1.86. The topological polar surface area (TPSA) is 65.9 Å². The van der Waals surface area contributed by atoms with Crippen molar-refractivity contribution in [2.45, 2.75) is 63.7 Å². The Morgan fingerprint density at radius 1 is 1.35 bits per heavy atom. The van der Waals surface area contributed by atoms with Crippen LogP contribution in [0.5, 0.6) is 0 Å². The zero-order valence-electron chi connectivity index (χ0n) is 13.4. The van der Waals surface area contributed by atoms with Crippen LogP contribution in [0.15, 0.2) is 4.99 Å². The van der Waals surface area contributed by atoms with Crippen LogP contribution in [-0.4, -0.2) is 49.0 Å². The second-order valence-corrected chi connectivity index (χ2v) is 7.06. The summed E-state index contributed by atoms with van der Waals surface area (Å²) in [6.45, 7) is 7.15. The molecular formula is C15H29N3O2. The van der Waals surface area contributed by atoms with E-state index in [4.69, 9.17) is 4.74 Å². The molecule has 2 unspecified atom stereocenters. The van der Waals surface area contributed by atoms with E-state index >= 15 is 0 Å². The van der Waals surface area contributed by atoms with Crippen LogP contribution in [0.2, 0.25) is 0 Å². The van der Waals surface area contributed by atoms with E-state index in [1.165, 1.54) is 0 Å². The van der Waals surface area contributed by atoms with E-state index in [1.807, 2.05) is 0 Å². The maximum absolute atomic E-state index is 10.1. The van der Waals surface area contributed by atoms with Gasteiger partial charge in [-0.15, -0.1) is 0 Å². The fraction of sp³-hybridized carbons (Fsp3) is 0.933. The second kappa shape index (κ2) is 5.19. The molecule has 2 fully saturated rings. The van der Waals surface area contributed by atoms with Gasteiger partial charge in [-0.25, -0.2) is 0 Å². The molecule has 0 radical (unpaired) electrons. The lowest BCUT2D eigenvalue weighted by molar-refractivity contribution is -0.176. The molecule has 0 amide bonds. The molecule has 0 saturated heterocycles. The second-order valence-electron chi connectivity index (χ2n) is 7.06. The first-order chi connectivity index (χ1) is 9.26. The molecule has 0 bridgehead atoms. The van der Waals surface area contributed by atoms with Gasteiger partial charge in [-0.3, -0.25) is 4.99 Å². The molecule has 5 heteroatoms. The average molecular weight is 283 g/mol. The third-order valence-corrected chi connectivity index (χ3v) is 5.68. The van der Waals surface area contributed by atoms with E-state index in [9.17, 15) is 5.11 Å². The molecule has 2 atom stereocenters. The fourth-order valence-corrected chi connectivity index (χ4v) is 3.09. The smallest absolute Gasteiger partial charge is 0.191 e. The van der Waals surface area contributed by atoms with E-state index in [2.05, 4.69) is 36.4 Å². The van der Waals surface area contributed by atoms with Gasteiger partial charge in [0.05, 0.1) is 11.2 Å². The molecule has 0 heterocycles. The number of hydrogen-bond acceptors (Lipinski definition) is 3. The van der Waals surface area contributed by atoms with Crippen molar-refractivity contribution in [3.63, 3.8) is 0 Å². The fourth-order valence-electron chi connectivity index (χ4n) is 3.09. The molecule has 2 rings (SSSR count). The number of methoxy groups -OCH3 is 1. The number of aliphatic imine (C=N–C) groups is 1. The van der Waals surface area contributed by atoms with E-state index in [-0.39, 0.29) is 11.0 Å². The zero-order chi connectivity index (χ0) is 15.0. The first-order valence-electron chi connectivity index (χ1n) is 7.51. The predicted molar refractivity (Wildman–Crippen MR) is 80.9 cm³/mol. The van der Waals surface area contributed by atoms with Gasteiger partial charge in [0.25, 0.3) is 0 Å². The molecule has 3 N–H and O–H groups in total. The largest absolute Gasteiger partial charge is 0.388 e. The minimum atomic E-state index is -0.534. The number of hydrogen-bond donors (Lipinski definition) is 3. The Morgan fingerprint density at radius 2 is 2.00 bits per heavy atom. The molecule has 2 aliphatic carbocycles. The van der Waals surface area contributed by atoms with Crippen molar-refractivity contribution >= 4 is 5.96 Å². The van der Waals surface area contributed by atoms with Crippen molar-refractivity contribution in [1.82, 2.24) is 10.6 Å². The normalized spacial score (nSPS) is 34.9. The highest BCUT2D eigenvalue weighted by Gasteiger charge is 2.58. The van der Waals surface area contributed by atoms with Crippen molar-refractivity contribution in [3.05, 3.63) is 0 Å². The molecule has 2 saturated carbocycles. The van der Waals surface area contributed by atoms with Gasteiger partial charge < -0.3 is 20.5 Å². The Morgan fingerprint density at radius 3 is 2.40 bits per heavy atom. The number of guanidine groups is 1. The Hall–Kier alpha value is -0.810. The van der Waals surface area contributed by atoms with Crippen LogP contribution < -0.4 is 10.6 Å². The van der Waals surface area contributed by atoms with Gasteiger partial charge in [-0.05, 0) is 32.6 Å². The first kappa shape index (κ1) is 15.6. The summed E-state index contributed by atoms with van der Waals surface area (Å²) in [5.41, 5.74) is -0.573. The van der Waals surface area contributed by atoms with Gasteiger partial charge in [0.2, 0.25) is 0 Å². The minimum Gasteiger partial charge on any atom is -0.388 e. The molecule has 0 aromatic heterocycles. The SMILES string of the molecule is CN=C(NCC1(O)CCC1)NC1CC(C)(OC)C1(C)C. The Labute approximate surface area is 122 Å². The highest BCUT2D eigenvalue weighted by atomic mass is 16.5. The van der Waals surface area contributed by atoms with Crippen molar-refractivity contribution in [2.24, 2.45) is 10.4 Å². The van der Waals surface area contributed by atoms with Crippen LogP contribution in [0.4, 0.5) is 0 Å². The van der Waals surface area contributed by atoms with E-state index < -0.39 is 5.60 Å². The van der Waals surface area contributed by atoms with Crippen molar-refractivity contribution in [3.8, 4) is 0 Å². The quantitative estimate of drug-likeness (QED) is 0.537. The van der Waals surface area contributed by atoms with Crippen LogP contribution in [0.25, 0.3) is 0 Å². The number of ether oxygens (including phenoxy) is 1. The van der Waals surface area contributed by atoms with Crippen LogP contribution in [-0.2, 0) is 4.74 Å². The van der Waals surface area contributed by atoms with Gasteiger partial charge in [0.15, 0.2) is 5.96 Å².